The number of hydrogen-bond acceptors (Lipinski definition) is 2. The molecule has 1 aromatic carbocycles. The van der Waals surface area contributed by atoms with Crippen LogP contribution in [0.2, 0.25) is 0 Å². The molecule has 2 aromatic rings. The fourth-order valence-corrected chi connectivity index (χ4v) is 1.89. The van der Waals surface area contributed by atoms with E-state index in [1.54, 1.807) is 6.20 Å². The largest absolute Gasteiger partial charge is 0.261 e. The van der Waals surface area contributed by atoms with E-state index < -0.39 is 5.54 Å². The Kier molecular flexibility index (Phi) is 3.31. The van der Waals surface area contributed by atoms with Crippen molar-refractivity contribution in [3.63, 3.8) is 0 Å². The highest BCUT2D eigenvalue weighted by atomic mass is 15.2. The Bertz CT molecular complexity index is 571. The molecule has 0 N–H and O–H groups in total. The number of benzene rings is 1. The van der Waals surface area contributed by atoms with Gasteiger partial charge in [-0.1, -0.05) is 41.5 Å². The van der Waals surface area contributed by atoms with E-state index in [-0.39, 0.29) is 0 Å². The van der Waals surface area contributed by atoms with Crippen LogP contribution >= 0.6 is 0 Å². The van der Waals surface area contributed by atoms with Crippen molar-refractivity contribution in [3.05, 3.63) is 75.9 Å². The van der Waals surface area contributed by atoms with Gasteiger partial charge in [0.05, 0.1) is 5.54 Å². The molecule has 4 nitrogen and oxygen atoms in total. The highest BCUT2D eigenvalue weighted by Crippen LogP contribution is 2.33. The van der Waals surface area contributed by atoms with Gasteiger partial charge in [-0.05, 0) is 36.6 Å². The summed E-state index contributed by atoms with van der Waals surface area (Å²) < 4.78 is 0. The van der Waals surface area contributed by atoms with Crippen LogP contribution in [0, 0.1) is 6.92 Å². The van der Waals surface area contributed by atoms with E-state index in [9.17, 15) is 0 Å². The Labute approximate surface area is 106 Å². The quantitative estimate of drug-likeness (QED) is 0.453. The number of aryl methyl sites for hydroxylation is 1. The number of aromatic nitrogens is 1. The molecule has 0 bridgehead atoms. The minimum atomic E-state index is -0.725. The Balaban J connectivity index is 2.58. The first-order chi connectivity index (χ1) is 8.66. The van der Waals surface area contributed by atoms with Crippen molar-refractivity contribution in [1.29, 1.82) is 0 Å². The first-order valence-electron chi connectivity index (χ1n) is 5.72. The first-order valence-corrected chi connectivity index (χ1v) is 5.72. The number of rotatable bonds is 3. The number of azide groups is 1. The molecule has 1 aromatic heterocycles. The maximum atomic E-state index is 8.82. The van der Waals surface area contributed by atoms with Gasteiger partial charge in [0, 0.05) is 16.8 Å². The topological polar surface area (TPSA) is 61.7 Å². The van der Waals surface area contributed by atoms with Gasteiger partial charge in [0.25, 0.3) is 0 Å². The molecule has 4 heteroatoms. The van der Waals surface area contributed by atoms with Gasteiger partial charge < -0.3 is 0 Å². The molecular weight excluding hydrogens is 224 g/mol. The fraction of sp³-hybridized carbons (Fsp3) is 0.214. The third-order valence-electron chi connectivity index (χ3n) is 3.05. The maximum absolute atomic E-state index is 8.82. The molecular formula is C14H14N4. The molecule has 18 heavy (non-hydrogen) atoms. The number of hydrogen-bond donors (Lipinski definition) is 0. The molecule has 0 aliphatic carbocycles. The lowest BCUT2D eigenvalue weighted by Crippen LogP contribution is -2.20. The molecule has 0 amide bonds. The van der Waals surface area contributed by atoms with Crippen LogP contribution in [0.25, 0.3) is 10.4 Å². The Morgan fingerprint density at radius 3 is 2.39 bits per heavy atom. The minimum absolute atomic E-state index is 0.725. The van der Waals surface area contributed by atoms with Crippen molar-refractivity contribution in [3.8, 4) is 0 Å². The van der Waals surface area contributed by atoms with Crippen molar-refractivity contribution in [1.82, 2.24) is 4.98 Å². The molecule has 0 saturated heterocycles. The summed E-state index contributed by atoms with van der Waals surface area (Å²) in [4.78, 5) is 7.25. The predicted molar refractivity (Wildman–Crippen MR) is 71.0 cm³/mol. The standard InChI is InChI=1S/C14H14N4/c1-11-8-9-13(10-16-11)14(2,17-18-15)12-6-4-3-5-7-12/h3-10H,1-2H3. The third kappa shape index (κ3) is 2.19. The van der Waals surface area contributed by atoms with Crippen molar-refractivity contribution < 1.29 is 0 Å². The maximum Gasteiger partial charge on any atom is 0.0974 e. The summed E-state index contributed by atoms with van der Waals surface area (Å²) in [6.45, 7) is 3.82. The van der Waals surface area contributed by atoms with E-state index in [0.29, 0.717) is 0 Å². The lowest BCUT2D eigenvalue weighted by Gasteiger charge is -2.24. The molecule has 0 spiro atoms. The first kappa shape index (κ1) is 12.1. The van der Waals surface area contributed by atoms with Crippen LogP contribution in [0.5, 0.6) is 0 Å². The van der Waals surface area contributed by atoms with Crippen LogP contribution in [0.1, 0.15) is 23.7 Å². The van der Waals surface area contributed by atoms with Gasteiger partial charge in [-0.2, -0.15) is 0 Å². The summed E-state index contributed by atoms with van der Waals surface area (Å²) >= 11 is 0. The van der Waals surface area contributed by atoms with Crippen LogP contribution in [0.3, 0.4) is 0 Å². The molecule has 1 atom stereocenters. The van der Waals surface area contributed by atoms with E-state index in [2.05, 4.69) is 15.0 Å². The second-order valence-corrected chi connectivity index (χ2v) is 4.32. The smallest absolute Gasteiger partial charge is 0.0974 e. The molecule has 1 unspecified atom stereocenters. The molecule has 90 valence electrons. The van der Waals surface area contributed by atoms with Crippen molar-refractivity contribution in [2.24, 2.45) is 5.11 Å². The summed E-state index contributed by atoms with van der Waals surface area (Å²) in [5, 5.41) is 3.97. The van der Waals surface area contributed by atoms with Crippen molar-refractivity contribution in [2.75, 3.05) is 0 Å². The summed E-state index contributed by atoms with van der Waals surface area (Å²) in [5.41, 5.74) is 10.9. The molecule has 0 aliphatic rings. The van der Waals surface area contributed by atoms with Gasteiger partial charge in [-0.15, -0.1) is 0 Å². The monoisotopic (exact) mass is 238 g/mol. The normalized spacial score (nSPS) is 13.4. The zero-order valence-corrected chi connectivity index (χ0v) is 10.4. The minimum Gasteiger partial charge on any atom is -0.261 e. The molecule has 0 radical (unpaired) electrons. The average Bonchev–Trinajstić information content (AvgIpc) is 2.40. The summed E-state index contributed by atoms with van der Waals surface area (Å²) in [6, 6.07) is 13.6. The summed E-state index contributed by atoms with van der Waals surface area (Å²) in [5.74, 6) is 0. The van der Waals surface area contributed by atoms with Crippen LogP contribution in [-0.4, -0.2) is 4.98 Å². The SMILES string of the molecule is Cc1ccc(C(C)(N=[N+]=[N-])c2ccccc2)cn1. The number of pyridine rings is 1. The van der Waals surface area contributed by atoms with E-state index >= 15 is 0 Å². The van der Waals surface area contributed by atoms with Crippen LogP contribution in [-0.2, 0) is 5.54 Å². The molecule has 2 rings (SSSR count). The second kappa shape index (κ2) is 4.90. The van der Waals surface area contributed by atoms with Gasteiger partial charge in [-0.25, -0.2) is 0 Å². The zero-order chi connectivity index (χ0) is 13.0. The van der Waals surface area contributed by atoms with E-state index in [1.807, 2.05) is 56.3 Å². The van der Waals surface area contributed by atoms with Gasteiger partial charge in [0.1, 0.15) is 0 Å². The molecule has 0 saturated carbocycles. The Hall–Kier alpha value is -2.32. The fourth-order valence-electron chi connectivity index (χ4n) is 1.89. The van der Waals surface area contributed by atoms with Gasteiger partial charge in [0.2, 0.25) is 0 Å². The van der Waals surface area contributed by atoms with Crippen LogP contribution in [0.4, 0.5) is 0 Å². The van der Waals surface area contributed by atoms with Crippen molar-refractivity contribution >= 4 is 0 Å². The van der Waals surface area contributed by atoms with Crippen LogP contribution in [0.15, 0.2) is 53.8 Å². The van der Waals surface area contributed by atoms with Gasteiger partial charge >= 0.3 is 0 Å². The van der Waals surface area contributed by atoms with E-state index in [4.69, 9.17) is 5.53 Å². The van der Waals surface area contributed by atoms with Gasteiger partial charge in [0.15, 0.2) is 0 Å². The average molecular weight is 238 g/mol. The van der Waals surface area contributed by atoms with Crippen LogP contribution < -0.4 is 0 Å². The van der Waals surface area contributed by atoms with E-state index in [0.717, 1.165) is 16.8 Å². The summed E-state index contributed by atoms with van der Waals surface area (Å²) in [6.07, 6.45) is 1.76. The predicted octanol–water partition coefficient (Wildman–Crippen LogP) is 3.96. The highest BCUT2D eigenvalue weighted by molar-refractivity contribution is 5.36. The zero-order valence-electron chi connectivity index (χ0n) is 10.4. The second-order valence-electron chi connectivity index (χ2n) is 4.32. The lowest BCUT2D eigenvalue weighted by atomic mass is 9.86. The third-order valence-corrected chi connectivity index (χ3v) is 3.05. The lowest BCUT2D eigenvalue weighted by molar-refractivity contribution is 0.595. The van der Waals surface area contributed by atoms with Crippen molar-refractivity contribution in [2.45, 2.75) is 19.4 Å². The molecule has 0 aliphatic heterocycles. The summed E-state index contributed by atoms with van der Waals surface area (Å²) in [7, 11) is 0. The van der Waals surface area contributed by atoms with E-state index in [1.165, 1.54) is 0 Å². The molecule has 1 heterocycles. The highest BCUT2D eigenvalue weighted by Gasteiger charge is 2.27. The Morgan fingerprint density at radius 2 is 1.83 bits per heavy atom. The Morgan fingerprint density at radius 1 is 1.11 bits per heavy atom. The molecule has 0 fully saturated rings. The number of nitrogens with zero attached hydrogens (tertiary/aromatic N) is 4. The van der Waals surface area contributed by atoms with Gasteiger partial charge in [-0.3, -0.25) is 4.98 Å².